The summed E-state index contributed by atoms with van der Waals surface area (Å²) in [6.07, 6.45) is 5.87. The first-order chi connectivity index (χ1) is 10.7. The summed E-state index contributed by atoms with van der Waals surface area (Å²) >= 11 is 0. The highest BCUT2D eigenvalue weighted by Crippen LogP contribution is 2.35. The van der Waals surface area contributed by atoms with Crippen LogP contribution in [0.25, 0.3) is 0 Å². The number of carbonyl (C=O) groups is 1. The number of nitrogens with one attached hydrogen (secondary N) is 1. The number of piperidine rings is 1. The van der Waals surface area contributed by atoms with Crippen molar-refractivity contribution in [1.29, 1.82) is 0 Å². The zero-order valence-corrected chi connectivity index (χ0v) is 13.6. The Balaban J connectivity index is 1.81. The maximum absolute atomic E-state index is 12.0. The minimum atomic E-state index is 0.0935. The summed E-state index contributed by atoms with van der Waals surface area (Å²) in [7, 11) is 0. The van der Waals surface area contributed by atoms with Gasteiger partial charge in [0.1, 0.15) is 11.9 Å². The Morgan fingerprint density at radius 2 is 2.27 bits per heavy atom. The number of benzene rings is 1. The first-order valence-electron chi connectivity index (χ1n) is 8.48. The molecule has 2 aliphatic rings. The van der Waals surface area contributed by atoms with Gasteiger partial charge in [-0.15, -0.1) is 0 Å². The number of carbonyl (C=O) groups excluding carboxylic acids is 1. The molecule has 2 atom stereocenters. The number of hydrogen-bond donors (Lipinski definition) is 1. The molecule has 0 spiro atoms. The molecular weight excluding hydrogens is 276 g/mol. The molecule has 1 saturated heterocycles. The van der Waals surface area contributed by atoms with E-state index >= 15 is 0 Å². The Morgan fingerprint density at radius 1 is 1.41 bits per heavy atom. The van der Waals surface area contributed by atoms with Crippen LogP contribution in [0.2, 0.25) is 0 Å². The second-order valence-corrected chi connectivity index (χ2v) is 6.43. The molecule has 1 aromatic rings. The van der Waals surface area contributed by atoms with Gasteiger partial charge in [-0.3, -0.25) is 4.79 Å². The van der Waals surface area contributed by atoms with Crippen molar-refractivity contribution in [3.63, 3.8) is 0 Å². The van der Waals surface area contributed by atoms with Crippen molar-refractivity contribution >= 4 is 11.6 Å². The summed E-state index contributed by atoms with van der Waals surface area (Å²) in [5, 5.41) is 3.59. The van der Waals surface area contributed by atoms with Gasteiger partial charge >= 0.3 is 0 Å². The molecule has 3 rings (SSSR count). The molecule has 120 valence electrons. The number of ether oxygens (including phenoxy) is 1. The van der Waals surface area contributed by atoms with Crippen molar-refractivity contribution in [2.24, 2.45) is 0 Å². The normalized spacial score (nSPS) is 24.5. The van der Waals surface area contributed by atoms with Crippen molar-refractivity contribution in [3.8, 4) is 5.75 Å². The van der Waals surface area contributed by atoms with E-state index in [2.05, 4.69) is 24.4 Å². The van der Waals surface area contributed by atoms with Gasteiger partial charge in [-0.1, -0.05) is 19.4 Å². The molecule has 0 saturated carbocycles. The van der Waals surface area contributed by atoms with Gasteiger partial charge < -0.3 is 15.0 Å². The lowest BCUT2D eigenvalue weighted by Crippen LogP contribution is -2.42. The van der Waals surface area contributed by atoms with Crippen LogP contribution in [0.15, 0.2) is 18.2 Å². The molecule has 0 radical (unpaired) electrons. The third-order valence-electron chi connectivity index (χ3n) is 4.72. The molecule has 0 aromatic heterocycles. The Morgan fingerprint density at radius 3 is 2.95 bits per heavy atom. The van der Waals surface area contributed by atoms with E-state index in [-0.39, 0.29) is 12.0 Å². The van der Waals surface area contributed by atoms with Gasteiger partial charge in [0.2, 0.25) is 5.91 Å². The first kappa shape index (κ1) is 15.3. The van der Waals surface area contributed by atoms with Gasteiger partial charge in [-0.05, 0) is 49.9 Å². The topological polar surface area (TPSA) is 41.6 Å². The maximum Gasteiger partial charge on any atom is 0.224 e. The Labute approximate surface area is 132 Å². The quantitative estimate of drug-likeness (QED) is 0.933. The summed E-state index contributed by atoms with van der Waals surface area (Å²) in [5.41, 5.74) is 2.22. The molecule has 4 nitrogen and oxygen atoms in total. The van der Waals surface area contributed by atoms with Crippen LogP contribution in [0.1, 0.15) is 45.1 Å². The molecule has 2 heterocycles. The molecule has 2 aliphatic heterocycles. The van der Waals surface area contributed by atoms with Crippen molar-refractivity contribution in [2.45, 2.75) is 58.1 Å². The van der Waals surface area contributed by atoms with E-state index in [0.29, 0.717) is 12.6 Å². The van der Waals surface area contributed by atoms with E-state index < -0.39 is 0 Å². The fourth-order valence-electron chi connectivity index (χ4n) is 3.41. The monoisotopic (exact) mass is 302 g/mol. The van der Waals surface area contributed by atoms with Crippen LogP contribution in [0.3, 0.4) is 0 Å². The van der Waals surface area contributed by atoms with Gasteiger partial charge in [-0.25, -0.2) is 0 Å². The summed E-state index contributed by atoms with van der Waals surface area (Å²) in [5.74, 6) is 0.935. The molecule has 22 heavy (non-hydrogen) atoms. The minimum Gasteiger partial charge on any atom is -0.486 e. The fraction of sp³-hybridized carbons (Fsp3) is 0.611. The van der Waals surface area contributed by atoms with Crippen molar-refractivity contribution in [2.75, 3.05) is 18.0 Å². The standard InChI is InChI=1S/C18H26N2O2/c1-3-16-12-20(13(2)21)17-11-14(7-8-18(17)22-16)10-15-6-4-5-9-19-15/h7-8,11,15-16,19H,3-6,9-10,12H2,1-2H3. The predicted molar refractivity (Wildman–Crippen MR) is 88.5 cm³/mol. The zero-order valence-electron chi connectivity index (χ0n) is 13.6. The first-order valence-corrected chi connectivity index (χ1v) is 8.48. The fourth-order valence-corrected chi connectivity index (χ4v) is 3.41. The van der Waals surface area contributed by atoms with Crippen LogP contribution in [0.5, 0.6) is 5.75 Å². The summed E-state index contributed by atoms with van der Waals surface area (Å²) < 4.78 is 6.00. The lowest BCUT2D eigenvalue weighted by Gasteiger charge is -2.34. The highest BCUT2D eigenvalue weighted by molar-refractivity contribution is 5.93. The lowest BCUT2D eigenvalue weighted by atomic mass is 9.97. The minimum absolute atomic E-state index is 0.0935. The molecule has 1 amide bonds. The Bertz CT molecular complexity index is 538. The molecular formula is C18H26N2O2. The number of amides is 1. The van der Waals surface area contributed by atoms with Crippen LogP contribution in [-0.2, 0) is 11.2 Å². The lowest BCUT2D eigenvalue weighted by molar-refractivity contribution is -0.117. The molecule has 1 N–H and O–H groups in total. The van der Waals surface area contributed by atoms with Crippen molar-refractivity contribution in [1.82, 2.24) is 5.32 Å². The molecule has 4 heteroatoms. The largest absolute Gasteiger partial charge is 0.486 e. The highest BCUT2D eigenvalue weighted by Gasteiger charge is 2.27. The summed E-state index contributed by atoms with van der Waals surface area (Å²) in [6, 6.07) is 6.88. The maximum atomic E-state index is 12.0. The van der Waals surface area contributed by atoms with E-state index in [1.165, 1.54) is 24.8 Å². The number of anilines is 1. The van der Waals surface area contributed by atoms with Crippen LogP contribution in [0, 0.1) is 0 Å². The Hall–Kier alpha value is -1.55. The molecule has 0 aliphatic carbocycles. The van der Waals surface area contributed by atoms with E-state index in [1.807, 2.05) is 11.0 Å². The highest BCUT2D eigenvalue weighted by atomic mass is 16.5. The van der Waals surface area contributed by atoms with Gasteiger partial charge in [0.25, 0.3) is 0 Å². The number of rotatable bonds is 3. The second-order valence-electron chi connectivity index (χ2n) is 6.43. The van der Waals surface area contributed by atoms with Crippen LogP contribution in [0.4, 0.5) is 5.69 Å². The summed E-state index contributed by atoms with van der Waals surface area (Å²) in [4.78, 5) is 13.8. The third kappa shape index (κ3) is 3.27. The Kier molecular flexibility index (Phi) is 4.67. The van der Waals surface area contributed by atoms with Crippen molar-refractivity contribution < 1.29 is 9.53 Å². The number of fused-ring (bicyclic) bond motifs is 1. The summed E-state index contributed by atoms with van der Waals surface area (Å²) in [6.45, 7) is 5.51. The van der Waals surface area contributed by atoms with Crippen LogP contribution >= 0.6 is 0 Å². The SMILES string of the molecule is CCC1CN(C(C)=O)c2cc(CC3CCCCN3)ccc2O1. The van der Waals surface area contributed by atoms with E-state index in [4.69, 9.17) is 4.74 Å². The zero-order chi connectivity index (χ0) is 15.5. The van der Waals surface area contributed by atoms with Crippen molar-refractivity contribution in [3.05, 3.63) is 23.8 Å². The molecule has 1 fully saturated rings. The van der Waals surface area contributed by atoms with Crippen LogP contribution < -0.4 is 15.0 Å². The third-order valence-corrected chi connectivity index (χ3v) is 4.72. The number of nitrogens with zero attached hydrogens (tertiary/aromatic N) is 1. The average Bonchev–Trinajstić information content (AvgIpc) is 2.54. The second kappa shape index (κ2) is 6.69. The average molecular weight is 302 g/mol. The molecule has 2 unspecified atom stereocenters. The van der Waals surface area contributed by atoms with Gasteiger partial charge in [-0.2, -0.15) is 0 Å². The molecule has 0 bridgehead atoms. The predicted octanol–water partition coefficient (Wildman–Crippen LogP) is 2.90. The number of hydrogen-bond acceptors (Lipinski definition) is 3. The smallest absolute Gasteiger partial charge is 0.224 e. The van der Waals surface area contributed by atoms with Gasteiger partial charge in [0.05, 0.1) is 12.2 Å². The van der Waals surface area contributed by atoms with E-state index in [0.717, 1.165) is 30.8 Å². The molecule has 1 aromatic carbocycles. The van der Waals surface area contributed by atoms with E-state index in [1.54, 1.807) is 6.92 Å². The van der Waals surface area contributed by atoms with Gasteiger partial charge in [0, 0.05) is 13.0 Å². The van der Waals surface area contributed by atoms with E-state index in [9.17, 15) is 4.79 Å². The van der Waals surface area contributed by atoms with Crippen LogP contribution in [-0.4, -0.2) is 31.1 Å². The van der Waals surface area contributed by atoms with Gasteiger partial charge in [0.15, 0.2) is 0 Å².